The van der Waals surface area contributed by atoms with Crippen LogP contribution in [0.25, 0.3) is 0 Å². The van der Waals surface area contributed by atoms with Crippen LogP contribution in [0.1, 0.15) is 24.8 Å². The van der Waals surface area contributed by atoms with Gasteiger partial charge in [0.15, 0.2) is 6.29 Å². The van der Waals surface area contributed by atoms with Crippen LogP contribution in [-0.2, 0) is 20.8 Å². The first-order valence-electron chi connectivity index (χ1n) is 7.90. The summed E-state index contributed by atoms with van der Waals surface area (Å²) in [6.45, 7) is 1.39. The van der Waals surface area contributed by atoms with Crippen molar-refractivity contribution >= 4 is 45.2 Å². The summed E-state index contributed by atoms with van der Waals surface area (Å²) in [5, 5.41) is 0. The van der Waals surface area contributed by atoms with E-state index in [0.29, 0.717) is 6.61 Å². The van der Waals surface area contributed by atoms with E-state index in [-0.39, 0.29) is 18.5 Å². The van der Waals surface area contributed by atoms with Gasteiger partial charge in [0.05, 0.1) is 25.9 Å². The van der Waals surface area contributed by atoms with E-state index in [2.05, 4.69) is 45.2 Å². The topological polar surface area (TPSA) is 36.9 Å². The molecule has 0 spiro atoms. The fraction of sp³-hybridized carbons (Fsp3) is 0.647. The molecule has 0 amide bonds. The molecule has 3 atom stereocenters. The van der Waals surface area contributed by atoms with E-state index >= 15 is 0 Å². The molecule has 130 valence electrons. The van der Waals surface area contributed by atoms with Crippen LogP contribution in [0, 0.1) is 0 Å². The molecule has 1 heterocycles. The van der Waals surface area contributed by atoms with Crippen molar-refractivity contribution in [1.29, 1.82) is 0 Å². The zero-order valence-electron chi connectivity index (χ0n) is 13.4. The highest BCUT2D eigenvalue weighted by atomic mass is 127. The number of ether oxygens (including phenoxy) is 4. The molecule has 23 heavy (non-hydrogen) atoms. The largest absolute Gasteiger partial charge is 0.497 e. The fourth-order valence-electron chi connectivity index (χ4n) is 2.41. The molecular formula is C17H24I2O4. The summed E-state index contributed by atoms with van der Waals surface area (Å²) in [6, 6.07) is 7.99. The Bertz CT molecular complexity index is 435. The first-order chi connectivity index (χ1) is 11.3. The maximum Gasteiger partial charge on any atom is 0.158 e. The van der Waals surface area contributed by atoms with E-state index in [9.17, 15) is 0 Å². The van der Waals surface area contributed by atoms with Crippen LogP contribution in [0.2, 0.25) is 0 Å². The molecule has 2 rings (SSSR count). The first-order valence-corrected chi connectivity index (χ1v) is 11.0. The summed E-state index contributed by atoms with van der Waals surface area (Å²) < 4.78 is 24.9. The van der Waals surface area contributed by atoms with Gasteiger partial charge in [0.2, 0.25) is 0 Å². The summed E-state index contributed by atoms with van der Waals surface area (Å²) in [5.41, 5.74) is 1.14. The number of methoxy groups -OCH3 is 1. The second-order valence-electron chi connectivity index (χ2n) is 5.48. The van der Waals surface area contributed by atoms with E-state index in [1.807, 2.05) is 24.3 Å². The lowest BCUT2D eigenvalue weighted by atomic mass is 10.2. The van der Waals surface area contributed by atoms with Crippen LogP contribution in [0.3, 0.4) is 0 Å². The lowest BCUT2D eigenvalue weighted by Crippen LogP contribution is -2.39. The van der Waals surface area contributed by atoms with Gasteiger partial charge in [0, 0.05) is 15.5 Å². The minimum absolute atomic E-state index is 0.0637. The second kappa shape index (κ2) is 11.1. The Morgan fingerprint density at radius 3 is 2.43 bits per heavy atom. The molecular weight excluding hydrogens is 522 g/mol. The van der Waals surface area contributed by atoms with Crippen molar-refractivity contribution in [2.24, 2.45) is 0 Å². The number of rotatable bonds is 9. The van der Waals surface area contributed by atoms with Crippen molar-refractivity contribution in [2.75, 3.05) is 22.6 Å². The zero-order chi connectivity index (χ0) is 16.5. The third kappa shape index (κ3) is 6.64. The summed E-state index contributed by atoms with van der Waals surface area (Å²) >= 11 is 4.73. The van der Waals surface area contributed by atoms with Crippen LogP contribution in [0.15, 0.2) is 24.3 Å². The van der Waals surface area contributed by atoms with Gasteiger partial charge in [-0.3, -0.25) is 0 Å². The van der Waals surface area contributed by atoms with Gasteiger partial charge in [0.25, 0.3) is 0 Å². The van der Waals surface area contributed by atoms with Crippen molar-refractivity contribution in [3.05, 3.63) is 29.8 Å². The predicted molar refractivity (Wildman–Crippen MR) is 108 cm³/mol. The van der Waals surface area contributed by atoms with Gasteiger partial charge in [-0.25, -0.2) is 0 Å². The molecule has 1 aromatic rings. The zero-order valence-corrected chi connectivity index (χ0v) is 17.7. The predicted octanol–water partition coefficient (Wildman–Crippen LogP) is 4.36. The maximum atomic E-state index is 6.14. The van der Waals surface area contributed by atoms with E-state index in [1.54, 1.807) is 7.11 Å². The van der Waals surface area contributed by atoms with Gasteiger partial charge in [-0.05, 0) is 37.0 Å². The number of hydrogen-bond acceptors (Lipinski definition) is 4. The SMILES string of the molecule is COc1ccc(CO[C@H](CI)[C@@H](CI)OC2CCCCO2)cc1. The van der Waals surface area contributed by atoms with Crippen molar-refractivity contribution in [3.8, 4) is 5.75 Å². The standard InChI is InChI=1S/C17H24I2O4/c1-20-14-7-5-13(6-8-14)12-22-15(10-18)16(11-19)23-17-4-2-3-9-21-17/h5-8,15-17H,2-4,9-12H2,1H3/t15-,16-,17?/m1/s1. The van der Waals surface area contributed by atoms with Crippen LogP contribution >= 0.6 is 45.2 Å². The molecule has 1 unspecified atom stereocenters. The highest BCUT2D eigenvalue weighted by molar-refractivity contribution is 14.1. The van der Waals surface area contributed by atoms with Crippen molar-refractivity contribution in [1.82, 2.24) is 0 Å². The Morgan fingerprint density at radius 1 is 1.13 bits per heavy atom. The van der Waals surface area contributed by atoms with Gasteiger partial charge in [-0.2, -0.15) is 0 Å². The molecule has 6 heteroatoms. The number of alkyl halides is 2. The van der Waals surface area contributed by atoms with Gasteiger partial charge in [-0.1, -0.05) is 57.3 Å². The quantitative estimate of drug-likeness (QED) is 0.341. The lowest BCUT2D eigenvalue weighted by molar-refractivity contribution is -0.203. The molecule has 0 N–H and O–H groups in total. The second-order valence-corrected chi connectivity index (χ2v) is 7.24. The fourth-order valence-corrected chi connectivity index (χ4v) is 4.01. The molecule has 1 saturated heterocycles. The van der Waals surface area contributed by atoms with Crippen LogP contribution in [-0.4, -0.2) is 41.1 Å². The minimum atomic E-state index is -0.0708. The Balaban J connectivity index is 1.85. The molecule has 1 fully saturated rings. The number of hydrogen-bond donors (Lipinski definition) is 0. The Labute approximate surface area is 165 Å². The molecule has 1 aliphatic heterocycles. The third-order valence-corrected chi connectivity index (χ3v) is 5.54. The highest BCUT2D eigenvalue weighted by Gasteiger charge is 2.26. The molecule has 0 saturated carbocycles. The Hall–Kier alpha value is 0.360. The third-order valence-electron chi connectivity index (χ3n) is 3.81. The van der Waals surface area contributed by atoms with E-state index in [0.717, 1.165) is 39.6 Å². The van der Waals surface area contributed by atoms with Crippen LogP contribution in [0.4, 0.5) is 0 Å². The van der Waals surface area contributed by atoms with E-state index < -0.39 is 0 Å². The highest BCUT2D eigenvalue weighted by Crippen LogP contribution is 2.21. The molecule has 1 aromatic carbocycles. The van der Waals surface area contributed by atoms with Gasteiger partial charge >= 0.3 is 0 Å². The van der Waals surface area contributed by atoms with Crippen molar-refractivity contribution < 1.29 is 18.9 Å². The van der Waals surface area contributed by atoms with E-state index in [4.69, 9.17) is 18.9 Å². The van der Waals surface area contributed by atoms with Crippen LogP contribution in [0.5, 0.6) is 5.75 Å². The van der Waals surface area contributed by atoms with Crippen molar-refractivity contribution in [2.45, 2.75) is 44.4 Å². The van der Waals surface area contributed by atoms with Gasteiger partial charge in [-0.15, -0.1) is 0 Å². The van der Waals surface area contributed by atoms with Gasteiger partial charge in [0.1, 0.15) is 5.75 Å². The molecule has 0 aliphatic carbocycles. The summed E-state index contributed by atoms with van der Waals surface area (Å²) in [7, 11) is 1.67. The maximum absolute atomic E-state index is 6.14. The average Bonchev–Trinajstić information content (AvgIpc) is 2.62. The minimum Gasteiger partial charge on any atom is -0.497 e. The monoisotopic (exact) mass is 546 g/mol. The first kappa shape index (κ1) is 19.7. The van der Waals surface area contributed by atoms with E-state index in [1.165, 1.54) is 6.42 Å². The lowest BCUT2D eigenvalue weighted by Gasteiger charge is -2.31. The summed E-state index contributed by atoms with van der Waals surface area (Å²) in [6.07, 6.45) is 3.37. The summed E-state index contributed by atoms with van der Waals surface area (Å²) in [5.74, 6) is 0.863. The van der Waals surface area contributed by atoms with Gasteiger partial charge < -0.3 is 18.9 Å². The molecule has 0 aromatic heterocycles. The number of benzene rings is 1. The Kier molecular flexibility index (Phi) is 9.47. The van der Waals surface area contributed by atoms with Crippen LogP contribution < -0.4 is 4.74 Å². The Morgan fingerprint density at radius 2 is 1.87 bits per heavy atom. The molecule has 0 bridgehead atoms. The molecule has 0 radical (unpaired) electrons. The number of halogens is 2. The normalized spacial score (nSPS) is 20.9. The molecule has 4 nitrogen and oxygen atoms in total. The summed E-state index contributed by atoms with van der Waals surface area (Å²) in [4.78, 5) is 0. The average molecular weight is 546 g/mol. The van der Waals surface area contributed by atoms with Crippen molar-refractivity contribution in [3.63, 3.8) is 0 Å². The molecule has 1 aliphatic rings. The smallest absolute Gasteiger partial charge is 0.158 e.